The predicted molar refractivity (Wildman–Crippen MR) is 79.8 cm³/mol. The van der Waals surface area contributed by atoms with Gasteiger partial charge in [0.05, 0.1) is 17.3 Å². The van der Waals surface area contributed by atoms with E-state index in [-0.39, 0.29) is 12.4 Å². The number of aromatic nitrogens is 1. The Labute approximate surface area is 136 Å². The van der Waals surface area contributed by atoms with Crippen molar-refractivity contribution >= 4 is 5.91 Å². The Morgan fingerprint density at radius 1 is 1.33 bits per heavy atom. The molecule has 8 heteroatoms. The lowest BCUT2D eigenvalue weighted by molar-refractivity contribution is -0.139. The number of benzene rings is 1. The summed E-state index contributed by atoms with van der Waals surface area (Å²) in [6, 6.07) is 4.43. The quantitative estimate of drug-likeness (QED) is 0.903. The van der Waals surface area contributed by atoms with Crippen LogP contribution in [0.2, 0.25) is 0 Å². The molecular weight excluding hydrogens is 325 g/mol. The molecule has 1 aromatic heterocycles. The van der Waals surface area contributed by atoms with Gasteiger partial charge in [0.15, 0.2) is 0 Å². The molecule has 1 aromatic carbocycles. The van der Waals surface area contributed by atoms with Gasteiger partial charge in [0.25, 0.3) is 5.91 Å². The molecule has 1 heterocycles. The van der Waals surface area contributed by atoms with Crippen molar-refractivity contribution in [1.82, 2.24) is 10.5 Å². The van der Waals surface area contributed by atoms with Crippen LogP contribution in [0, 0.1) is 13.8 Å². The molecule has 2 aromatic rings. The van der Waals surface area contributed by atoms with Gasteiger partial charge >= 0.3 is 6.18 Å². The molecule has 0 aliphatic rings. The first-order chi connectivity index (χ1) is 11.2. The summed E-state index contributed by atoms with van der Waals surface area (Å²) >= 11 is 0. The number of halogens is 3. The summed E-state index contributed by atoms with van der Waals surface area (Å²) in [6.45, 7) is 4.76. The molecule has 1 unspecified atom stereocenters. The van der Waals surface area contributed by atoms with Gasteiger partial charge in [0, 0.05) is 0 Å². The SMILES string of the molecule is Cc1noc(C)c1C(=O)NC(C)COc1ccccc1C(F)(F)F. The van der Waals surface area contributed by atoms with Crippen LogP contribution < -0.4 is 10.1 Å². The second-order valence-electron chi connectivity index (χ2n) is 5.38. The summed E-state index contributed by atoms with van der Waals surface area (Å²) in [6.07, 6.45) is -4.50. The van der Waals surface area contributed by atoms with Crippen LogP contribution >= 0.6 is 0 Å². The van der Waals surface area contributed by atoms with Crippen LogP contribution in [-0.4, -0.2) is 23.7 Å². The van der Waals surface area contributed by atoms with Crippen molar-refractivity contribution in [2.75, 3.05) is 6.61 Å². The first-order valence-electron chi connectivity index (χ1n) is 7.23. The third-order valence-corrected chi connectivity index (χ3v) is 3.32. The molecule has 24 heavy (non-hydrogen) atoms. The number of aryl methyl sites for hydroxylation is 2. The van der Waals surface area contributed by atoms with Gasteiger partial charge in [-0.1, -0.05) is 17.3 Å². The lowest BCUT2D eigenvalue weighted by Crippen LogP contribution is -2.37. The van der Waals surface area contributed by atoms with Crippen LogP contribution in [0.4, 0.5) is 13.2 Å². The van der Waals surface area contributed by atoms with Crippen LogP contribution in [0.3, 0.4) is 0 Å². The van der Waals surface area contributed by atoms with Crippen molar-refractivity contribution < 1.29 is 27.2 Å². The fraction of sp³-hybridized carbons (Fsp3) is 0.375. The Morgan fingerprint density at radius 3 is 2.58 bits per heavy atom. The van der Waals surface area contributed by atoms with Gasteiger partial charge in [0.2, 0.25) is 0 Å². The molecule has 5 nitrogen and oxygen atoms in total. The first kappa shape index (κ1) is 17.8. The summed E-state index contributed by atoms with van der Waals surface area (Å²) in [5.41, 5.74) is -0.0904. The number of para-hydroxylation sites is 1. The average molecular weight is 342 g/mol. The molecule has 1 atom stereocenters. The highest BCUT2D eigenvalue weighted by molar-refractivity contribution is 5.96. The molecule has 0 saturated heterocycles. The van der Waals surface area contributed by atoms with Crippen molar-refractivity contribution in [3.8, 4) is 5.75 Å². The molecule has 0 saturated carbocycles. The minimum atomic E-state index is -4.50. The highest BCUT2D eigenvalue weighted by Crippen LogP contribution is 2.35. The van der Waals surface area contributed by atoms with E-state index in [2.05, 4.69) is 10.5 Å². The lowest BCUT2D eigenvalue weighted by Gasteiger charge is -2.17. The maximum atomic E-state index is 12.9. The summed E-state index contributed by atoms with van der Waals surface area (Å²) in [4.78, 5) is 12.1. The second kappa shape index (κ2) is 6.94. The zero-order valence-electron chi connectivity index (χ0n) is 13.4. The number of carbonyl (C=O) groups excluding carboxylic acids is 1. The van der Waals surface area contributed by atoms with Crippen molar-refractivity contribution in [2.45, 2.75) is 33.0 Å². The molecule has 0 bridgehead atoms. The minimum absolute atomic E-state index is 0.109. The second-order valence-corrected chi connectivity index (χ2v) is 5.38. The molecule has 130 valence electrons. The van der Waals surface area contributed by atoms with Crippen LogP contribution in [0.5, 0.6) is 5.75 Å². The molecule has 2 rings (SSSR count). The summed E-state index contributed by atoms with van der Waals surface area (Å²) < 4.78 is 48.8. The molecule has 0 fully saturated rings. The van der Waals surface area contributed by atoms with Gasteiger partial charge in [-0.2, -0.15) is 13.2 Å². The number of carbonyl (C=O) groups is 1. The summed E-state index contributed by atoms with van der Waals surface area (Å²) in [5, 5.41) is 6.33. The van der Waals surface area contributed by atoms with Gasteiger partial charge in [0.1, 0.15) is 23.7 Å². The summed E-state index contributed by atoms with van der Waals surface area (Å²) in [7, 11) is 0. The Kier molecular flexibility index (Phi) is 5.16. The standard InChI is InChI=1S/C16H17F3N2O3/c1-9(20-15(22)14-10(2)21-24-11(14)3)8-23-13-7-5-4-6-12(13)16(17,18)19/h4-7,9H,8H2,1-3H3,(H,20,22). The number of alkyl halides is 3. The maximum Gasteiger partial charge on any atom is 0.419 e. The third kappa shape index (κ3) is 4.06. The van der Waals surface area contributed by atoms with E-state index in [0.29, 0.717) is 17.0 Å². The number of hydrogen-bond acceptors (Lipinski definition) is 4. The maximum absolute atomic E-state index is 12.9. The van der Waals surface area contributed by atoms with E-state index in [0.717, 1.165) is 6.07 Å². The topological polar surface area (TPSA) is 64.4 Å². The van der Waals surface area contributed by atoms with Gasteiger partial charge in [-0.15, -0.1) is 0 Å². The van der Waals surface area contributed by atoms with E-state index in [1.54, 1.807) is 20.8 Å². The van der Waals surface area contributed by atoms with Crippen LogP contribution in [0.1, 0.15) is 34.3 Å². The van der Waals surface area contributed by atoms with Crippen LogP contribution in [0.15, 0.2) is 28.8 Å². The van der Waals surface area contributed by atoms with E-state index in [4.69, 9.17) is 9.26 Å². The zero-order valence-corrected chi connectivity index (χ0v) is 13.4. The average Bonchev–Trinajstić information content (AvgIpc) is 2.83. The lowest BCUT2D eigenvalue weighted by atomic mass is 10.2. The molecule has 0 spiro atoms. The van der Waals surface area contributed by atoms with Gasteiger partial charge in [-0.05, 0) is 32.9 Å². The van der Waals surface area contributed by atoms with Crippen LogP contribution in [-0.2, 0) is 6.18 Å². The number of ether oxygens (including phenoxy) is 1. The van der Waals surface area contributed by atoms with E-state index in [1.807, 2.05) is 0 Å². The molecule has 1 N–H and O–H groups in total. The van der Waals surface area contributed by atoms with E-state index in [9.17, 15) is 18.0 Å². The van der Waals surface area contributed by atoms with Gasteiger partial charge in [-0.25, -0.2) is 0 Å². The van der Waals surface area contributed by atoms with E-state index in [1.165, 1.54) is 18.2 Å². The molecule has 0 aliphatic carbocycles. The largest absolute Gasteiger partial charge is 0.491 e. The number of amides is 1. The number of rotatable bonds is 5. The monoisotopic (exact) mass is 342 g/mol. The molecule has 0 radical (unpaired) electrons. The number of hydrogen-bond donors (Lipinski definition) is 1. The minimum Gasteiger partial charge on any atom is -0.491 e. The van der Waals surface area contributed by atoms with Crippen molar-refractivity contribution in [3.63, 3.8) is 0 Å². The fourth-order valence-electron chi connectivity index (χ4n) is 2.19. The van der Waals surface area contributed by atoms with E-state index >= 15 is 0 Å². The Hall–Kier alpha value is -2.51. The van der Waals surface area contributed by atoms with Crippen LogP contribution in [0.25, 0.3) is 0 Å². The highest BCUT2D eigenvalue weighted by Gasteiger charge is 2.34. The zero-order chi connectivity index (χ0) is 17.9. The Bertz CT molecular complexity index is 706. The number of nitrogens with zero attached hydrogens (tertiary/aromatic N) is 1. The molecule has 0 aliphatic heterocycles. The van der Waals surface area contributed by atoms with Crippen molar-refractivity contribution in [1.29, 1.82) is 0 Å². The smallest absolute Gasteiger partial charge is 0.419 e. The fourth-order valence-corrected chi connectivity index (χ4v) is 2.19. The predicted octanol–water partition coefficient (Wildman–Crippen LogP) is 3.51. The number of nitrogens with one attached hydrogen (secondary N) is 1. The Balaban J connectivity index is 2.00. The normalized spacial score (nSPS) is 12.8. The molecular formula is C16H17F3N2O3. The first-order valence-corrected chi connectivity index (χ1v) is 7.23. The van der Waals surface area contributed by atoms with Gasteiger partial charge in [-0.3, -0.25) is 4.79 Å². The van der Waals surface area contributed by atoms with Gasteiger partial charge < -0.3 is 14.6 Å². The summed E-state index contributed by atoms with van der Waals surface area (Å²) in [5.74, 6) is -0.310. The highest BCUT2D eigenvalue weighted by atomic mass is 19.4. The third-order valence-electron chi connectivity index (χ3n) is 3.32. The Morgan fingerprint density at radius 2 is 2.00 bits per heavy atom. The molecule has 1 amide bonds. The van der Waals surface area contributed by atoms with E-state index < -0.39 is 23.7 Å². The van der Waals surface area contributed by atoms with Crippen molar-refractivity contribution in [2.24, 2.45) is 0 Å². The van der Waals surface area contributed by atoms with Crippen molar-refractivity contribution in [3.05, 3.63) is 46.8 Å².